The summed E-state index contributed by atoms with van der Waals surface area (Å²) in [7, 11) is 0. The minimum atomic E-state index is -0.597. The number of nitrogens with zero attached hydrogens (tertiary/aromatic N) is 2. The average Bonchev–Trinajstić information content (AvgIpc) is 3.08. The monoisotopic (exact) mass is 407 g/mol. The van der Waals surface area contributed by atoms with Crippen molar-refractivity contribution in [2.75, 3.05) is 26.2 Å². The lowest BCUT2D eigenvalue weighted by molar-refractivity contribution is -0.130. The van der Waals surface area contributed by atoms with Crippen LogP contribution in [0.3, 0.4) is 0 Å². The zero-order valence-corrected chi connectivity index (χ0v) is 16.7. The number of urea groups is 1. The summed E-state index contributed by atoms with van der Waals surface area (Å²) >= 11 is 0. The van der Waals surface area contributed by atoms with Gasteiger partial charge in [0.05, 0.1) is 6.04 Å². The lowest BCUT2D eigenvalue weighted by atomic mass is 10.0. The molecule has 7 nitrogen and oxygen atoms in total. The summed E-state index contributed by atoms with van der Waals surface area (Å²) in [6.07, 6.45) is 1.68. The number of carbonyl (C=O) groups excluding carboxylic acids is 2. The molecule has 3 aliphatic rings. The van der Waals surface area contributed by atoms with Crippen LogP contribution < -0.4 is 14.8 Å². The predicted octanol–water partition coefficient (Wildman–Crippen LogP) is 2.58. The Kier molecular flexibility index (Phi) is 5.04. The second kappa shape index (κ2) is 7.99. The summed E-state index contributed by atoms with van der Waals surface area (Å²) < 4.78 is 11.9. The lowest BCUT2D eigenvalue weighted by Gasteiger charge is -2.38. The fourth-order valence-corrected chi connectivity index (χ4v) is 4.56. The Hall–Kier alpha value is -3.06. The van der Waals surface area contributed by atoms with Crippen molar-refractivity contribution in [1.29, 1.82) is 0 Å². The van der Waals surface area contributed by atoms with Crippen LogP contribution in [0.15, 0.2) is 54.6 Å². The van der Waals surface area contributed by atoms with E-state index in [1.54, 1.807) is 0 Å². The third-order valence-electron chi connectivity index (χ3n) is 5.98. The molecule has 0 aromatic heterocycles. The number of benzene rings is 2. The van der Waals surface area contributed by atoms with E-state index in [-0.39, 0.29) is 24.1 Å². The minimum Gasteiger partial charge on any atom is -0.486 e. The molecular formula is C23H25N3O4. The molecule has 3 heterocycles. The molecule has 3 aliphatic heterocycles. The van der Waals surface area contributed by atoms with E-state index >= 15 is 0 Å². The van der Waals surface area contributed by atoms with Gasteiger partial charge in [-0.3, -0.25) is 14.6 Å². The van der Waals surface area contributed by atoms with Gasteiger partial charge in [-0.05, 0) is 37.1 Å². The van der Waals surface area contributed by atoms with Gasteiger partial charge in [-0.15, -0.1) is 0 Å². The highest BCUT2D eigenvalue weighted by Crippen LogP contribution is 2.32. The van der Waals surface area contributed by atoms with E-state index in [2.05, 4.69) is 10.2 Å². The highest BCUT2D eigenvalue weighted by atomic mass is 16.6. The number of carbonyl (C=O) groups is 2. The molecule has 0 radical (unpaired) electrons. The number of para-hydroxylation sites is 2. The SMILES string of the molecule is O=C1NC(c2ccccc2)C(=O)N1C1CCCN(CC2COc3ccccc3O2)C1. The van der Waals surface area contributed by atoms with Crippen molar-refractivity contribution in [3.8, 4) is 11.5 Å². The number of hydrogen-bond donors (Lipinski definition) is 1. The van der Waals surface area contributed by atoms with Gasteiger partial charge in [-0.1, -0.05) is 42.5 Å². The standard InChI is InChI=1S/C23H25N3O4/c27-22-21(16-7-2-1-3-8-16)24-23(28)26(22)17-9-6-12-25(13-17)14-18-15-29-19-10-4-5-11-20(19)30-18/h1-5,7-8,10-11,17-18,21H,6,9,12-15H2,(H,24,28). The molecule has 0 bridgehead atoms. The van der Waals surface area contributed by atoms with Gasteiger partial charge in [-0.2, -0.15) is 0 Å². The van der Waals surface area contributed by atoms with E-state index in [9.17, 15) is 9.59 Å². The van der Waals surface area contributed by atoms with Gasteiger partial charge in [0, 0.05) is 13.1 Å². The second-order valence-electron chi connectivity index (χ2n) is 8.05. The van der Waals surface area contributed by atoms with Crippen LogP contribution in [0, 0.1) is 0 Å². The van der Waals surface area contributed by atoms with Crippen molar-refractivity contribution in [2.45, 2.75) is 31.0 Å². The first-order valence-electron chi connectivity index (χ1n) is 10.5. The molecule has 2 fully saturated rings. The predicted molar refractivity (Wildman–Crippen MR) is 110 cm³/mol. The number of rotatable bonds is 4. The van der Waals surface area contributed by atoms with Crippen molar-refractivity contribution in [3.05, 3.63) is 60.2 Å². The van der Waals surface area contributed by atoms with Crippen LogP contribution in [0.1, 0.15) is 24.4 Å². The van der Waals surface area contributed by atoms with Crippen LogP contribution in [-0.2, 0) is 4.79 Å². The molecule has 3 atom stereocenters. The topological polar surface area (TPSA) is 71.1 Å². The summed E-state index contributed by atoms with van der Waals surface area (Å²) in [4.78, 5) is 29.4. The van der Waals surface area contributed by atoms with Crippen molar-refractivity contribution >= 4 is 11.9 Å². The van der Waals surface area contributed by atoms with Gasteiger partial charge in [0.1, 0.15) is 18.8 Å². The van der Waals surface area contributed by atoms with Gasteiger partial charge >= 0.3 is 6.03 Å². The fourth-order valence-electron chi connectivity index (χ4n) is 4.56. The molecule has 5 rings (SSSR count). The quantitative estimate of drug-likeness (QED) is 0.789. The highest BCUT2D eigenvalue weighted by molar-refractivity contribution is 6.05. The molecule has 0 aliphatic carbocycles. The summed E-state index contributed by atoms with van der Waals surface area (Å²) in [6.45, 7) is 2.78. The number of amides is 3. The van der Waals surface area contributed by atoms with E-state index < -0.39 is 6.04 Å². The largest absolute Gasteiger partial charge is 0.486 e. The summed E-state index contributed by atoms with van der Waals surface area (Å²) in [5.74, 6) is 1.38. The second-order valence-corrected chi connectivity index (χ2v) is 8.05. The third-order valence-corrected chi connectivity index (χ3v) is 5.98. The summed E-state index contributed by atoms with van der Waals surface area (Å²) in [5.41, 5.74) is 0.817. The molecule has 2 aromatic rings. The molecule has 30 heavy (non-hydrogen) atoms. The summed E-state index contributed by atoms with van der Waals surface area (Å²) in [5, 5.41) is 2.85. The number of imide groups is 1. The number of hydrogen-bond acceptors (Lipinski definition) is 5. The van der Waals surface area contributed by atoms with Crippen molar-refractivity contribution in [2.24, 2.45) is 0 Å². The van der Waals surface area contributed by atoms with Crippen molar-refractivity contribution in [1.82, 2.24) is 15.1 Å². The van der Waals surface area contributed by atoms with E-state index in [1.165, 1.54) is 4.90 Å². The van der Waals surface area contributed by atoms with Gasteiger partial charge < -0.3 is 14.8 Å². The van der Waals surface area contributed by atoms with E-state index in [0.29, 0.717) is 19.7 Å². The number of ether oxygens (including phenoxy) is 2. The molecule has 1 N–H and O–H groups in total. The number of likely N-dealkylation sites (tertiary alicyclic amines) is 1. The van der Waals surface area contributed by atoms with Crippen LogP contribution in [0.5, 0.6) is 11.5 Å². The smallest absolute Gasteiger partial charge is 0.325 e. The molecule has 3 unspecified atom stereocenters. The van der Waals surface area contributed by atoms with Gasteiger partial charge in [-0.25, -0.2) is 4.79 Å². The maximum Gasteiger partial charge on any atom is 0.325 e. The zero-order valence-electron chi connectivity index (χ0n) is 16.7. The van der Waals surface area contributed by atoms with Crippen LogP contribution in [0.2, 0.25) is 0 Å². The zero-order chi connectivity index (χ0) is 20.5. The molecule has 7 heteroatoms. The molecule has 3 amide bonds. The molecular weight excluding hydrogens is 382 g/mol. The molecule has 0 spiro atoms. The van der Waals surface area contributed by atoms with E-state index in [0.717, 1.165) is 36.4 Å². The van der Waals surface area contributed by atoms with Gasteiger partial charge in [0.25, 0.3) is 5.91 Å². The van der Waals surface area contributed by atoms with Gasteiger partial charge in [0.2, 0.25) is 0 Å². The Bertz CT molecular complexity index is 935. The first-order valence-corrected chi connectivity index (χ1v) is 10.5. The Balaban J connectivity index is 1.23. The normalized spacial score (nSPS) is 26.5. The molecule has 156 valence electrons. The number of fused-ring (bicyclic) bond motifs is 1. The van der Waals surface area contributed by atoms with Crippen LogP contribution in [0.25, 0.3) is 0 Å². The fraction of sp³-hybridized carbons (Fsp3) is 0.391. The first kappa shape index (κ1) is 18.9. The first-order chi connectivity index (χ1) is 14.7. The maximum absolute atomic E-state index is 13.0. The average molecular weight is 407 g/mol. The Morgan fingerprint density at radius 1 is 1.00 bits per heavy atom. The number of piperidine rings is 1. The van der Waals surface area contributed by atoms with Crippen molar-refractivity contribution < 1.29 is 19.1 Å². The third kappa shape index (κ3) is 3.61. The highest BCUT2D eigenvalue weighted by Gasteiger charge is 2.44. The van der Waals surface area contributed by atoms with E-state index in [1.807, 2.05) is 54.6 Å². The molecule has 2 saturated heterocycles. The minimum absolute atomic E-state index is 0.0705. The van der Waals surface area contributed by atoms with Crippen LogP contribution in [-0.4, -0.2) is 60.1 Å². The Morgan fingerprint density at radius 2 is 1.77 bits per heavy atom. The molecule has 2 aromatic carbocycles. The maximum atomic E-state index is 13.0. The van der Waals surface area contributed by atoms with Gasteiger partial charge in [0.15, 0.2) is 11.5 Å². The Morgan fingerprint density at radius 3 is 2.60 bits per heavy atom. The van der Waals surface area contributed by atoms with Crippen LogP contribution >= 0.6 is 0 Å². The van der Waals surface area contributed by atoms with E-state index in [4.69, 9.17) is 9.47 Å². The van der Waals surface area contributed by atoms with Crippen LogP contribution in [0.4, 0.5) is 4.79 Å². The number of nitrogens with one attached hydrogen (secondary N) is 1. The summed E-state index contributed by atoms with van der Waals surface area (Å²) in [6, 6.07) is 16.1. The van der Waals surface area contributed by atoms with Crippen molar-refractivity contribution in [3.63, 3.8) is 0 Å². The lowest BCUT2D eigenvalue weighted by Crippen LogP contribution is -2.53. The Labute approximate surface area is 175 Å². The molecule has 0 saturated carbocycles.